The molecular weight excluding hydrogens is 232 g/mol. The van der Waals surface area contributed by atoms with Crippen LogP contribution >= 0.6 is 0 Å². The van der Waals surface area contributed by atoms with E-state index in [1.165, 1.54) is 14.2 Å². The van der Waals surface area contributed by atoms with Crippen LogP contribution in [0.4, 0.5) is 0 Å². The SMILES string of the molecule is COC(=O)C1=Cc2c(C)cccc2C1C(=O)OC. The number of carbonyl (C=O) groups is 2. The third-order valence-electron chi connectivity index (χ3n) is 3.14. The minimum atomic E-state index is -0.683. The highest BCUT2D eigenvalue weighted by Gasteiger charge is 2.36. The van der Waals surface area contributed by atoms with Gasteiger partial charge >= 0.3 is 11.9 Å². The quantitative estimate of drug-likeness (QED) is 0.747. The van der Waals surface area contributed by atoms with E-state index < -0.39 is 17.9 Å². The Morgan fingerprint density at radius 1 is 1.17 bits per heavy atom. The fourth-order valence-corrected chi connectivity index (χ4v) is 2.23. The molecule has 0 radical (unpaired) electrons. The van der Waals surface area contributed by atoms with Gasteiger partial charge in [-0.15, -0.1) is 0 Å². The van der Waals surface area contributed by atoms with E-state index in [4.69, 9.17) is 9.47 Å². The minimum absolute atomic E-state index is 0.327. The lowest BCUT2D eigenvalue weighted by atomic mass is 9.94. The summed E-state index contributed by atoms with van der Waals surface area (Å²) < 4.78 is 9.48. The maximum absolute atomic E-state index is 11.8. The van der Waals surface area contributed by atoms with E-state index in [-0.39, 0.29) is 0 Å². The first-order valence-corrected chi connectivity index (χ1v) is 5.57. The molecule has 0 saturated carbocycles. The summed E-state index contributed by atoms with van der Waals surface area (Å²) in [5.74, 6) is -1.63. The topological polar surface area (TPSA) is 52.6 Å². The van der Waals surface area contributed by atoms with Gasteiger partial charge in [-0.1, -0.05) is 18.2 Å². The Morgan fingerprint density at radius 3 is 2.50 bits per heavy atom. The molecular formula is C14H14O4. The van der Waals surface area contributed by atoms with E-state index in [9.17, 15) is 9.59 Å². The van der Waals surface area contributed by atoms with Crippen molar-refractivity contribution in [3.05, 3.63) is 40.5 Å². The normalized spacial score (nSPS) is 16.8. The predicted octanol–water partition coefficient (Wildman–Crippen LogP) is 1.82. The molecule has 0 aliphatic heterocycles. The number of methoxy groups -OCH3 is 2. The number of carbonyl (C=O) groups excluding carboxylic acids is 2. The van der Waals surface area contributed by atoms with Crippen molar-refractivity contribution in [3.8, 4) is 0 Å². The Morgan fingerprint density at radius 2 is 1.89 bits per heavy atom. The molecule has 18 heavy (non-hydrogen) atoms. The Hall–Kier alpha value is -2.10. The second-order valence-electron chi connectivity index (χ2n) is 4.13. The van der Waals surface area contributed by atoms with Crippen LogP contribution in [0.5, 0.6) is 0 Å². The summed E-state index contributed by atoms with van der Waals surface area (Å²) in [5, 5.41) is 0. The number of aryl methyl sites for hydroxylation is 1. The first-order valence-electron chi connectivity index (χ1n) is 5.57. The molecule has 1 unspecified atom stereocenters. The lowest BCUT2D eigenvalue weighted by Crippen LogP contribution is -2.19. The molecule has 94 valence electrons. The number of ether oxygens (including phenoxy) is 2. The summed E-state index contributed by atoms with van der Waals surface area (Å²) in [6.07, 6.45) is 1.71. The van der Waals surface area contributed by atoms with Gasteiger partial charge in [0.15, 0.2) is 0 Å². The number of fused-ring (bicyclic) bond motifs is 1. The van der Waals surface area contributed by atoms with Gasteiger partial charge in [0.05, 0.1) is 19.8 Å². The summed E-state index contributed by atoms with van der Waals surface area (Å²) in [6.45, 7) is 1.93. The fraction of sp³-hybridized carbons (Fsp3) is 0.286. The average molecular weight is 246 g/mol. The van der Waals surface area contributed by atoms with Crippen LogP contribution in [-0.2, 0) is 19.1 Å². The zero-order valence-corrected chi connectivity index (χ0v) is 10.5. The van der Waals surface area contributed by atoms with Crippen LogP contribution in [0, 0.1) is 6.92 Å². The molecule has 2 rings (SSSR count). The molecule has 0 amide bonds. The van der Waals surface area contributed by atoms with Crippen molar-refractivity contribution in [2.24, 2.45) is 0 Å². The zero-order chi connectivity index (χ0) is 13.3. The molecule has 0 N–H and O–H groups in total. The van der Waals surface area contributed by atoms with Crippen molar-refractivity contribution in [1.82, 2.24) is 0 Å². The van der Waals surface area contributed by atoms with Crippen LogP contribution in [-0.4, -0.2) is 26.2 Å². The van der Waals surface area contributed by atoms with E-state index in [1.54, 1.807) is 6.08 Å². The molecule has 0 heterocycles. The molecule has 1 aromatic carbocycles. The number of esters is 2. The Balaban J connectivity index is 2.56. The minimum Gasteiger partial charge on any atom is -0.468 e. The molecule has 1 aromatic rings. The summed E-state index contributed by atoms with van der Waals surface area (Å²) in [7, 11) is 2.61. The third kappa shape index (κ3) is 1.79. The molecule has 1 atom stereocenters. The molecule has 0 spiro atoms. The van der Waals surface area contributed by atoms with Gasteiger partial charge in [0.25, 0.3) is 0 Å². The van der Waals surface area contributed by atoms with E-state index >= 15 is 0 Å². The van der Waals surface area contributed by atoms with Crippen LogP contribution in [0.3, 0.4) is 0 Å². The first kappa shape index (κ1) is 12.4. The lowest BCUT2D eigenvalue weighted by Gasteiger charge is -2.13. The van der Waals surface area contributed by atoms with Gasteiger partial charge in [0.1, 0.15) is 5.92 Å². The number of hydrogen-bond donors (Lipinski definition) is 0. The Labute approximate surface area is 105 Å². The smallest absolute Gasteiger partial charge is 0.334 e. The number of hydrogen-bond acceptors (Lipinski definition) is 4. The van der Waals surface area contributed by atoms with Gasteiger partial charge in [0.2, 0.25) is 0 Å². The summed E-state index contributed by atoms with van der Waals surface area (Å²) in [4.78, 5) is 23.6. The van der Waals surface area contributed by atoms with Gasteiger partial charge in [-0.05, 0) is 29.7 Å². The van der Waals surface area contributed by atoms with Crippen molar-refractivity contribution in [3.63, 3.8) is 0 Å². The molecule has 4 nitrogen and oxygen atoms in total. The van der Waals surface area contributed by atoms with E-state index in [2.05, 4.69) is 0 Å². The third-order valence-corrected chi connectivity index (χ3v) is 3.14. The number of rotatable bonds is 2. The van der Waals surface area contributed by atoms with Crippen LogP contribution in [0.2, 0.25) is 0 Å². The Bertz CT molecular complexity index is 543. The summed E-state index contributed by atoms with van der Waals surface area (Å²) >= 11 is 0. The maximum atomic E-state index is 11.8. The predicted molar refractivity (Wildman–Crippen MR) is 65.9 cm³/mol. The molecule has 1 aliphatic rings. The molecule has 1 aliphatic carbocycles. The second-order valence-corrected chi connectivity index (χ2v) is 4.13. The maximum Gasteiger partial charge on any atom is 0.334 e. The zero-order valence-electron chi connectivity index (χ0n) is 10.5. The molecule has 4 heteroatoms. The van der Waals surface area contributed by atoms with Gasteiger partial charge in [-0.25, -0.2) is 4.79 Å². The van der Waals surface area contributed by atoms with Crippen LogP contribution in [0.15, 0.2) is 23.8 Å². The van der Waals surface area contributed by atoms with Gasteiger partial charge in [0, 0.05) is 0 Å². The second kappa shape index (κ2) is 4.64. The van der Waals surface area contributed by atoms with Gasteiger partial charge < -0.3 is 9.47 Å². The van der Waals surface area contributed by atoms with E-state index in [0.29, 0.717) is 5.57 Å². The first-order chi connectivity index (χ1) is 8.60. The summed E-state index contributed by atoms with van der Waals surface area (Å²) in [5.41, 5.74) is 3.03. The molecule has 0 aromatic heterocycles. The Kier molecular flexibility index (Phi) is 3.19. The van der Waals surface area contributed by atoms with Gasteiger partial charge in [-0.3, -0.25) is 4.79 Å². The lowest BCUT2D eigenvalue weighted by molar-refractivity contribution is -0.144. The van der Waals surface area contributed by atoms with Crippen molar-refractivity contribution < 1.29 is 19.1 Å². The van der Waals surface area contributed by atoms with Crippen molar-refractivity contribution in [1.29, 1.82) is 0 Å². The highest BCUT2D eigenvalue weighted by Crippen LogP contribution is 2.39. The monoisotopic (exact) mass is 246 g/mol. The number of benzene rings is 1. The summed E-state index contributed by atoms with van der Waals surface area (Å²) in [6, 6.07) is 5.62. The van der Waals surface area contributed by atoms with Crippen LogP contribution in [0.1, 0.15) is 22.6 Å². The van der Waals surface area contributed by atoms with Crippen LogP contribution < -0.4 is 0 Å². The van der Waals surface area contributed by atoms with Crippen molar-refractivity contribution >= 4 is 18.0 Å². The van der Waals surface area contributed by atoms with Crippen LogP contribution in [0.25, 0.3) is 6.08 Å². The molecule has 0 fully saturated rings. The van der Waals surface area contributed by atoms with Gasteiger partial charge in [-0.2, -0.15) is 0 Å². The largest absolute Gasteiger partial charge is 0.468 e. The molecule has 0 bridgehead atoms. The standard InChI is InChI=1S/C14H14O4/c1-8-5-4-6-9-10(8)7-11(13(15)17-2)12(9)14(16)18-3/h4-7,12H,1-3H3. The van der Waals surface area contributed by atoms with E-state index in [1.807, 2.05) is 25.1 Å². The van der Waals surface area contributed by atoms with Crippen molar-refractivity contribution in [2.45, 2.75) is 12.8 Å². The highest BCUT2D eigenvalue weighted by atomic mass is 16.5. The average Bonchev–Trinajstić information content (AvgIpc) is 2.77. The highest BCUT2D eigenvalue weighted by molar-refractivity contribution is 6.06. The van der Waals surface area contributed by atoms with E-state index in [0.717, 1.165) is 16.7 Å². The van der Waals surface area contributed by atoms with Crippen molar-refractivity contribution in [2.75, 3.05) is 14.2 Å². The molecule has 0 saturated heterocycles. The fourth-order valence-electron chi connectivity index (χ4n) is 2.23.